The number of carbonyl (C=O) groups excluding carboxylic acids is 1. The first-order valence-corrected chi connectivity index (χ1v) is 9.58. The van der Waals surface area contributed by atoms with Crippen LogP contribution >= 0.6 is 12.2 Å². The third-order valence-electron chi connectivity index (χ3n) is 4.75. The Morgan fingerprint density at radius 3 is 2.93 bits per heavy atom. The van der Waals surface area contributed by atoms with Crippen LogP contribution in [-0.4, -0.2) is 54.9 Å². The number of fused-ring (bicyclic) bond motifs is 1. The second kappa shape index (κ2) is 9.07. The van der Waals surface area contributed by atoms with E-state index in [1.54, 1.807) is 24.3 Å². The summed E-state index contributed by atoms with van der Waals surface area (Å²) in [5, 5.41) is 3.44. The molecule has 0 radical (unpaired) electrons. The first-order valence-electron chi connectivity index (χ1n) is 9.17. The van der Waals surface area contributed by atoms with Crippen LogP contribution in [0.2, 0.25) is 0 Å². The van der Waals surface area contributed by atoms with Crippen molar-refractivity contribution in [2.45, 2.75) is 13.0 Å². The third-order valence-corrected chi connectivity index (χ3v) is 5.07. The second-order valence-electron chi connectivity index (χ2n) is 6.62. The molecule has 1 aromatic heterocycles. The molecule has 2 heterocycles. The number of hydrogen-bond donors (Lipinski definition) is 3. The van der Waals surface area contributed by atoms with Crippen molar-refractivity contribution in [3.63, 3.8) is 0 Å². The van der Waals surface area contributed by atoms with Crippen molar-refractivity contribution < 1.29 is 14.4 Å². The summed E-state index contributed by atoms with van der Waals surface area (Å²) < 4.78 is 7.11. The van der Waals surface area contributed by atoms with Crippen LogP contribution in [-0.2, 0) is 11.3 Å². The largest absolute Gasteiger partial charge is 0.370 e. The Balaban J connectivity index is 1.64. The first kappa shape index (κ1) is 19.5. The standard InChI is InChI=1S/C19H24N4O3S/c1-2-7-23-18(25)15-5-4-14(13-16(15)21-19(23)27)17(24)20-6-3-8-22-9-11-26-12-10-22/h2,4-5,13H,1,3,6-12H2,(H,20,24)(H,21,27)/p+1. The van der Waals surface area contributed by atoms with Gasteiger partial charge in [-0.1, -0.05) is 6.08 Å². The van der Waals surface area contributed by atoms with Crippen molar-refractivity contribution in [2.75, 3.05) is 39.4 Å². The summed E-state index contributed by atoms with van der Waals surface area (Å²) in [6.07, 6.45) is 2.54. The van der Waals surface area contributed by atoms with E-state index < -0.39 is 0 Å². The summed E-state index contributed by atoms with van der Waals surface area (Å²) in [5.74, 6) is -0.150. The van der Waals surface area contributed by atoms with Crippen molar-refractivity contribution >= 4 is 29.0 Å². The van der Waals surface area contributed by atoms with E-state index in [2.05, 4.69) is 16.9 Å². The fraction of sp³-hybridized carbons (Fsp3) is 0.421. The fourth-order valence-electron chi connectivity index (χ4n) is 3.24. The molecular formula is C19H25N4O3S+. The lowest BCUT2D eigenvalue weighted by atomic mass is 10.1. The minimum atomic E-state index is -0.186. The van der Waals surface area contributed by atoms with Crippen LogP contribution in [0, 0.1) is 4.77 Å². The Kier molecular flexibility index (Phi) is 6.54. The topological polar surface area (TPSA) is 80.6 Å². The van der Waals surface area contributed by atoms with Crippen molar-refractivity contribution in [1.82, 2.24) is 14.9 Å². The number of amides is 1. The number of aromatic amines is 1. The molecule has 7 nitrogen and oxygen atoms in total. The number of carbonyl (C=O) groups is 1. The van der Waals surface area contributed by atoms with Gasteiger partial charge in [-0.15, -0.1) is 6.58 Å². The lowest BCUT2D eigenvalue weighted by molar-refractivity contribution is -0.908. The molecule has 2 aromatic rings. The molecule has 1 aliphatic rings. The zero-order valence-corrected chi connectivity index (χ0v) is 16.1. The smallest absolute Gasteiger partial charge is 0.262 e. The fourth-order valence-corrected chi connectivity index (χ4v) is 3.51. The Bertz CT molecular complexity index is 944. The summed E-state index contributed by atoms with van der Waals surface area (Å²) in [7, 11) is 0. The number of allylic oxidation sites excluding steroid dienone is 1. The Morgan fingerprint density at radius 2 is 2.19 bits per heavy atom. The lowest BCUT2D eigenvalue weighted by Gasteiger charge is -2.23. The molecule has 1 saturated heterocycles. The summed E-state index contributed by atoms with van der Waals surface area (Å²) in [6, 6.07) is 5.00. The molecule has 144 valence electrons. The zero-order valence-electron chi connectivity index (χ0n) is 15.3. The number of hydrogen-bond acceptors (Lipinski definition) is 4. The number of ether oxygens (including phenoxy) is 1. The molecule has 8 heteroatoms. The van der Waals surface area contributed by atoms with Gasteiger partial charge in [-0.05, 0) is 30.4 Å². The van der Waals surface area contributed by atoms with Gasteiger partial charge in [-0.2, -0.15) is 0 Å². The zero-order chi connectivity index (χ0) is 19.2. The van der Waals surface area contributed by atoms with E-state index in [0.29, 0.717) is 34.3 Å². The monoisotopic (exact) mass is 389 g/mol. The van der Waals surface area contributed by atoms with Gasteiger partial charge in [0.05, 0.1) is 30.7 Å². The quantitative estimate of drug-likeness (QED) is 0.361. The highest BCUT2D eigenvalue weighted by atomic mass is 32.1. The van der Waals surface area contributed by atoms with Crippen molar-refractivity contribution in [3.05, 3.63) is 51.5 Å². The van der Waals surface area contributed by atoms with E-state index >= 15 is 0 Å². The Hall–Kier alpha value is -2.29. The van der Waals surface area contributed by atoms with Gasteiger partial charge in [0.2, 0.25) is 0 Å². The number of H-pyrrole nitrogens is 1. The third kappa shape index (κ3) is 4.71. The van der Waals surface area contributed by atoms with E-state index in [1.165, 1.54) is 9.47 Å². The Labute approximate surface area is 162 Å². The molecule has 1 aromatic carbocycles. The maximum Gasteiger partial charge on any atom is 0.262 e. The molecule has 0 aliphatic carbocycles. The number of nitrogens with one attached hydrogen (secondary N) is 3. The van der Waals surface area contributed by atoms with Crippen LogP contribution in [0.15, 0.2) is 35.6 Å². The maximum absolute atomic E-state index is 12.5. The van der Waals surface area contributed by atoms with E-state index in [4.69, 9.17) is 17.0 Å². The number of rotatable bonds is 7. The van der Waals surface area contributed by atoms with Gasteiger partial charge in [0.1, 0.15) is 13.1 Å². The summed E-state index contributed by atoms with van der Waals surface area (Å²) in [6.45, 7) is 9.32. The highest BCUT2D eigenvalue weighted by Crippen LogP contribution is 2.11. The molecule has 0 unspecified atom stereocenters. The average molecular weight is 390 g/mol. The van der Waals surface area contributed by atoms with Crippen molar-refractivity contribution in [2.24, 2.45) is 0 Å². The van der Waals surface area contributed by atoms with Gasteiger partial charge in [0, 0.05) is 25.1 Å². The number of morpholine rings is 1. The maximum atomic E-state index is 12.5. The summed E-state index contributed by atoms with van der Waals surface area (Å²) in [5.41, 5.74) is 0.887. The predicted molar refractivity (Wildman–Crippen MR) is 107 cm³/mol. The van der Waals surface area contributed by atoms with Gasteiger partial charge in [-0.25, -0.2) is 0 Å². The van der Waals surface area contributed by atoms with Crippen LogP contribution in [0.5, 0.6) is 0 Å². The molecule has 1 fully saturated rings. The van der Waals surface area contributed by atoms with Crippen LogP contribution in [0.25, 0.3) is 10.9 Å². The minimum Gasteiger partial charge on any atom is -0.370 e. The Morgan fingerprint density at radius 1 is 1.41 bits per heavy atom. The van der Waals surface area contributed by atoms with Gasteiger partial charge in [0.15, 0.2) is 4.77 Å². The molecule has 3 N–H and O–H groups in total. The molecule has 0 saturated carbocycles. The van der Waals surface area contributed by atoms with E-state index in [0.717, 1.165) is 39.3 Å². The van der Waals surface area contributed by atoms with Gasteiger partial charge >= 0.3 is 0 Å². The van der Waals surface area contributed by atoms with Crippen molar-refractivity contribution in [3.8, 4) is 0 Å². The predicted octanol–water partition coefficient (Wildman–Crippen LogP) is 0.280. The number of nitrogens with zero attached hydrogens (tertiary/aromatic N) is 1. The van der Waals surface area contributed by atoms with Crippen LogP contribution in [0.4, 0.5) is 0 Å². The van der Waals surface area contributed by atoms with E-state index in [9.17, 15) is 9.59 Å². The molecule has 27 heavy (non-hydrogen) atoms. The molecular weight excluding hydrogens is 364 g/mol. The van der Waals surface area contributed by atoms with Crippen LogP contribution < -0.4 is 15.8 Å². The van der Waals surface area contributed by atoms with Crippen molar-refractivity contribution in [1.29, 1.82) is 0 Å². The average Bonchev–Trinajstić information content (AvgIpc) is 2.68. The normalized spacial score (nSPS) is 15.0. The minimum absolute atomic E-state index is 0.150. The highest BCUT2D eigenvalue weighted by Gasteiger charge is 2.14. The molecule has 0 bridgehead atoms. The van der Waals surface area contributed by atoms with Crippen LogP contribution in [0.3, 0.4) is 0 Å². The summed E-state index contributed by atoms with van der Waals surface area (Å²) in [4.78, 5) is 29.4. The number of benzene rings is 1. The number of aromatic nitrogens is 2. The molecule has 1 aliphatic heterocycles. The SMILES string of the molecule is C=CCn1c(=S)[nH]c2cc(C(=O)NCCC[NH+]3CCOCC3)ccc2c1=O. The van der Waals surface area contributed by atoms with E-state index in [1.807, 2.05) is 0 Å². The van der Waals surface area contributed by atoms with Gasteiger partial charge < -0.3 is 19.9 Å². The lowest BCUT2D eigenvalue weighted by Crippen LogP contribution is -3.14. The van der Waals surface area contributed by atoms with Crippen LogP contribution in [0.1, 0.15) is 16.8 Å². The van der Waals surface area contributed by atoms with E-state index in [-0.39, 0.29) is 11.5 Å². The number of quaternary nitrogens is 1. The molecule has 3 rings (SSSR count). The molecule has 1 amide bonds. The van der Waals surface area contributed by atoms with Gasteiger partial charge in [0.25, 0.3) is 11.5 Å². The summed E-state index contributed by atoms with van der Waals surface area (Å²) >= 11 is 5.24. The van der Waals surface area contributed by atoms with Gasteiger partial charge in [-0.3, -0.25) is 14.2 Å². The molecule has 0 atom stereocenters. The second-order valence-corrected chi connectivity index (χ2v) is 7.00. The first-order chi connectivity index (χ1) is 13.1. The highest BCUT2D eigenvalue weighted by molar-refractivity contribution is 7.71. The molecule has 0 spiro atoms.